The molecule has 1 aromatic heterocycles. The number of para-hydroxylation sites is 1. The molecule has 0 bridgehead atoms. The highest BCUT2D eigenvalue weighted by Crippen LogP contribution is 2.36. The first kappa shape index (κ1) is 23.9. The third-order valence-electron chi connectivity index (χ3n) is 5.86. The quantitative estimate of drug-likeness (QED) is 0.298. The lowest BCUT2D eigenvalue weighted by Gasteiger charge is -2.21. The van der Waals surface area contributed by atoms with Crippen molar-refractivity contribution in [1.29, 1.82) is 0 Å². The van der Waals surface area contributed by atoms with Crippen molar-refractivity contribution in [3.63, 3.8) is 0 Å². The number of carbonyl (C=O) groups is 1. The Labute approximate surface area is 206 Å². The summed E-state index contributed by atoms with van der Waals surface area (Å²) in [5.41, 5.74) is 4.09. The number of hydrazone groups is 1. The SMILES string of the molecule is CCCCN(CCCC)c1nc(-c2ccccc2)c(/C=C2\C(=O)N(c3ccccc3)N=C2C)s1. The summed E-state index contributed by atoms with van der Waals surface area (Å²) in [5, 5.41) is 7.06. The van der Waals surface area contributed by atoms with Gasteiger partial charge in [0.15, 0.2) is 5.13 Å². The minimum atomic E-state index is -0.105. The third-order valence-corrected chi connectivity index (χ3v) is 6.92. The number of rotatable bonds is 10. The zero-order valence-electron chi connectivity index (χ0n) is 20.2. The second-order valence-electron chi connectivity index (χ2n) is 8.47. The number of carbonyl (C=O) groups excluding carboxylic acids is 1. The van der Waals surface area contributed by atoms with Crippen molar-refractivity contribution >= 4 is 39.9 Å². The summed E-state index contributed by atoms with van der Waals surface area (Å²) in [4.78, 5) is 21.8. The highest BCUT2D eigenvalue weighted by molar-refractivity contribution is 7.17. The first-order chi connectivity index (χ1) is 16.6. The van der Waals surface area contributed by atoms with Gasteiger partial charge in [-0.2, -0.15) is 10.1 Å². The number of aromatic nitrogens is 1. The van der Waals surface area contributed by atoms with Crippen molar-refractivity contribution in [2.45, 2.75) is 46.5 Å². The fraction of sp³-hybridized carbons (Fsp3) is 0.321. The average Bonchev–Trinajstić information content (AvgIpc) is 3.42. The van der Waals surface area contributed by atoms with E-state index in [1.165, 1.54) is 5.01 Å². The Morgan fingerprint density at radius 2 is 1.56 bits per heavy atom. The Hall–Kier alpha value is -3.25. The molecular weight excluding hydrogens is 440 g/mol. The van der Waals surface area contributed by atoms with Crippen LogP contribution in [0.3, 0.4) is 0 Å². The Bertz CT molecular complexity index is 1160. The van der Waals surface area contributed by atoms with Crippen LogP contribution < -0.4 is 9.91 Å². The molecule has 1 aliphatic heterocycles. The summed E-state index contributed by atoms with van der Waals surface area (Å²) < 4.78 is 0. The molecule has 2 heterocycles. The molecule has 0 saturated heterocycles. The molecule has 0 N–H and O–H groups in total. The zero-order chi connectivity index (χ0) is 23.9. The largest absolute Gasteiger partial charge is 0.348 e. The van der Waals surface area contributed by atoms with Gasteiger partial charge >= 0.3 is 0 Å². The van der Waals surface area contributed by atoms with E-state index in [9.17, 15) is 4.79 Å². The molecule has 1 aliphatic rings. The van der Waals surface area contributed by atoms with Gasteiger partial charge < -0.3 is 4.90 Å². The Balaban J connectivity index is 1.74. The fourth-order valence-electron chi connectivity index (χ4n) is 3.92. The topological polar surface area (TPSA) is 48.8 Å². The molecule has 3 aromatic rings. The number of thiazole rings is 1. The van der Waals surface area contributed by atoms with Gasteiger partial charge in [0.05, 0.1) is 27.5 Å². The van der Waals surface area contributed by atoms with Crippen molar-refractivity contribution in [3.05, 3.63) is 71.1 Å². The molecule has 0 aliphatic carbocycles. The van der Waals surface area contributed by atoms with E-state index in [1.54, 1.807) is 11.3 Å². The predicted octanol–water partition coefficient (Wildman–Crippen LogP) is 7.02. The molecule has 0 fully saturated rings. The number of nitrogens with zero attached hydrogens (tertiary/aromatic N) is 4. The van der Waals surface area contributed by atoms with Crippen LogP contribution in [0.15, 0.2) is 71.3 Å². The van der Waals surface area contributed by atoms with Gasteiger partial charge in [0.1, 0.15) is 0 Å². The van der Waals surface area contributed by atoms with Crippen LogP contribution in [-0.4, -0.2) is 29.7 Å². The Kier molecular flexibility index (Phi) is 7.91. The maximum absolute atomic E-state index is 13.3. The molecule has 0 radical (unpaired) electrons. The number of anilines is 2. The van der Waals surface area contributed by atoms with Crippen LogP contribution in [0.1, 0.15) is 51.3 Å². The van der Waals surface area contributed by atoms with Crippen molar-refractivity contribution in [2.75, 3.05) is 23.0 Å². The summed E-state index contributed by atoms with van der Waals surface area (Å²) in [6.07, 6.45) is 6.55. The van der Waals surface area contributed by atoms with E-state index in [0.29, 0.717) is 5.57 Å². The molecule has 5 nitrogen and oxygen atoms in total. The molecule has 176 valence electrons. The molecule has 0 saturated carbocycles. The second-order valence-corrected chi connectivity index (χ2v) is 9.47. The summed E-state index contributed by atoms with van der Waals surface area (Å²) in [6.45, 7) is 8.32. The maximum Gasteiger partial charge on any atom is 0.280 e. The predicted molar refractivity (Wildman–Crippen MR) is 145 cm³/mol. The van der Waals surface area contributed by atoms with Crippen LogP contribution in [-0.2, 0) is 4.79 Å². The summed E-state index contributed by atoms with van der Waals surface area (Å²) in [7, 11) is 0. The number of benzene rings is 2. The Morgan fingerprint density at radius 1 is 0.941 bits per heavy atom. The van der Waals surface area contributed by atoms with Gasteiger partial charge in [0.2, 0.25) is 0 Å². The van der Waals surface area contributed by atoms with Crippen LogP contribution in [0, 0.1) is 0 Å². The van der Waals surface area contributed by atoms with Gasteiger partial charge in [0, 0.05) is 18.7 Å². The van der Waals surface area contributed by atoms with Crippen LogP contribution >= 0.6 is 11.3 Å². The maximum atomic E-state index is 13.3. The van der Waals surface area contributed by atoms with E-state index >= 15 is 0 Å². The van der Waals surface area contributed by atoms with Gasteiger partial charge in [-0.3, -0.25) is 4.79 Å². The first-order valence-corrected chi connectivity index (χ1v) is 12.9. The number of amides is 1. The van der Waals surface area contributed by atoms with Gasteiger partial charge in [0.25, 0.3) is 5.91 Å². The molecule has 34 heavy (non-hydrogen) atoms. The van der Waals surface area contributed by atoms with Crippen molar-refractivity contribution in [1.82, 2.24) is 4.98 Å². The van der Waals surface area contributed by atoms with E-state index in [-0.39, 0.29) is 5.91 Å². The minimum absolute atomic E-state index is 0.105. The van der Waals surface area contributed by atoms with Crippen LogP contribution in [0.25, 0.3) is 17.3 Å². The van der Waals surface area contributed by atoms with Gasteiger partial charge in [-0.05, 0) is 38.0 Å². The smallest absolute Gasteiger partial charge is 0.280 e. The van der Waals surface area contributed by atoms with E-state index in [4.69, 9.17) is 4.98 Å². The highest BCUT2D eigenvalue weighted by atomic mass is 32.1. The molecule has 2 aromatic carbocycles. The van der Waals surface area contributed by atoms with Crippen LogP contribution in [0.2, 0.25) is 0 Å². The second kappa shape index (κ2) is 11.3. The van der Waals surface area contributed by atoms with E-state index in [1.807, 2.05) is 61.5 Å². The van der Waals surface area contributed by atoms with Crippen molar-refractivity contribution in [2.24, 2.45) is 5.10 Å². The van der Waals surface area contributed by atoms with Gasteiger partial charge in [-0.1, -0.05) is 86.6 Å². The minimum Gasteiger partial charge on any atom is -0.348 e. The number of unbranched alkanes of at least 4 members (excludes halogenated alkanes) is 2. The van der Waals surface area contributed by atoms with Crippen LogP contribution in [0.5, 0.6) is 0 Å². The summed E-state index contributed by atoms with van der Waals surface area (Å²) >= 11 is 1.66. The van der Waals surface area contributed by atoms with E-state index < -0.39 is 0 Å². The summed E-state index contributed by atoms with van der Waals surface area (Å²) in [6, 6.07) is 19.8. The molecule has 0 unspecified atom stereocenters. The molecule has 4 rings (SSSR count). The van der Waals surface area contributed by atoms with E-state index in [0.717, 1.165) is 71.4 Å². The standard InChI is InChI=1S/C28H32N4OS/c1-4-6-18-31(19-7-5-2)28-29-26(22-14-10-8-11-15-22)25(34-28)20-24-21(3)30-32(27(24)33)23-16-12-9-13-17-23/h8-17,20H,4-7,18-19H2,1-3H3/b24-20-. The number of hydrogen-bond donors (Lipinski definition) is 0. The molecule has 6 heteroatoms. The monoisotopic (exact) mass is 472 g/mol. The molecular formula is C28H32N4OS. The van der Waals surface area contributed by atoms with Gasteiger partial charge in [-0.15, -0.1) is 0 Å². The average molecular weight is 473 g/mol. The van der Waals surface area contributed by atoms with Gasteiger partial charge in [-0.25, -0.2) is 4.98 Å². The first-order valence-electron chi connectivity index (χ1n) is 12.1. The fourth-order valence-corrected chi connectivity index (χ4v) is 5.00. The lowest BCUT2D eigenvalue weighted by atomic mass is 10.1. The lowest BCUT2D eigenvalue weighted by Crippen LogP contribution is -2.25. The molecule has 0 atom stereocenters. The molecule has 0 spiro atoms. The summed E-state index contributed by atoms with van der Waals surface area (Å²) in [5.74, 6) is -0.105. The third kappa shape index (κ3) is 5.28. The van der Waals surface area contributed by atoms with Crippen molar-refractivity contribution in [3.8, 4) is 11.3 Å². The zero-order valence-corrected chi connectivity index (χ0v) is 21.0. The van der Waals surface area contributed by atoms with Crippen molar-refractivity contribution < 1.29 is 4.79 Å². The number of hydrogen-bond acceptors (Lipinski definition) is 5. The van der Waals surface area contributed by atoms with E-state index in [2.05, 4.69) is 36.0 Å². The van der Waals surface area contributed by atoms with Crippen LogP contribution in [0.4, 0.5) is 10.8 Å². The molecule has 1 amide bonds. The highest BCUT2D eigenvalue weighted by Gasteiger charge is 2.29. The Morgan fingerprint density at radius 3 is 2.18 bits per heavy atom. The normalized spacial score (nSPS) is 14.7. The lowest BCUT2D eigenvalue weighted by molar-refractivity contribution is -0.114.